The highest BCUT2D eigenvalue weighted by Crippen LogP contribution is 2.34. The van der Waals surface area contributed by atoms with Gasteiger partial charge in [-0.2, -0.15) is 0 Å². The van der Waals surface area contributed by atoms with Gasteiger partial charge in [-0.15, -0.1) is 0 Å². The van der Waals surface area contributed by atoms with Crippen molar-refractivity contribution in [3.63, 3.8) is 0 Å². The maximum Gasteiger partial charge on any atom is 0.252 e. The number of pyridine rings is 1. The lowest BCUT2D eigenvalue weighted by Crippen LogP contribution is -2.34. The molecule has 0 bridgehead atoms. The molecule has 2 aromatic rings. The monoisotopic (exact) mass is 416 g/mol. The first-order chi connectivity index (χ1) is 13.9. The van der Waals surface area contributed by atoms with Gasteiger partial charge < -0.3 is 9.88 Å². The first-order valence-electron chi connectivity index (χ1n) is 9.98. The molecule has 0 radical (unpaired) electrons. The molecule has 29 heavy (non-hydrogen) atoms. The molecule has 8 nitrogen and oxygen atoms in total. The van der Waals surface area contributed by atoms with E-state index in [9.17, 15) is 18.0 Å². The SMILES string of the molecule is O=C(Nc1cnccn1)[C@H](CC1CCCC1)n1ccc(S(=O)(=O)C2CC2)cc1=O. The van der Waals surface area contributed by atoms with Crippen molar-refractivity contribution in [2.75, 3.05) is 5.32 Å². The van der Waals surface area contributed by atoms with E-state index in [2.05, 4.69) is 15.3 Å². The number of rotatable bonds is 7. The number of carbonyl (C=O) groups is 1. The highest BCUT2D eigenvalue weighted by molar-refractivity contribution is 7.92. The molecule has 4 rings (SSSR count). The van der Waals surface area contributed by atoms with Crippen LogP contribution in [-0.2, 0) is 14.6 Å². The number of carbonyl (C=O) groups excluding carboxylic acids is 1. The quantitative estimate of drug-likeness (QED) is 0.742. The molecule has 1 atom stereocenters. The summed E-state index contributed by atoms with van der Waals surface area (Å²) in [5.41, 5.74) is -0.482. The summed E-state index contributed by atoms with van der Waals surface area (Å²) in [6.45, 7) is 0. The molecule has 9 heteroatoms. The van der Waals surface area contributed by atoms with Crippen molar-refractivity contribution < 1.29 is 13.2 Å². The molecular formula is C20H24N4O4S. The van der Waals surface area contributed by atoms with Crippen LogP contribution in [0.4, 0.5) is 5.82 Å². The van der Waals surface area contributed by atoms with Crippen LogP contribution in [0.15, 0.2) is 46.6 Å². The highest BCUT2D eigenvalue weighted by atomic mass is 32.2. The van der Waals surface area contributed by atoms with Crippen LogP contribution in [0, 0.1) is 5.92 Å². The Morgan fingerprint density at radius 1 is 1.21 bits per heavy atom. The molecule has 2 heterocycles. The lowest BCUT2D eigenvalue weighted by atomic mass is 9.97. The highest BCUT2D eigenvalue weighted by Gasteiger charge is 2.37. The Kier molecular flexibility index (Phi) is 5.49. The van der Waals surface area contributed by atoms with E-state index in [1.807, 2.05) is 0 Å². The molecule has 2 fully saturated rings. The average molecular weight is 417 g/mol. The van der Waals surface area contributed by atoms with Crippen LogP contribution in [0.3, 0.4) is 0 Å². The standard InChI is InChI=1S/C20H24N4O4S/c25-19-12-16(29(27,28)15-5-6-15)7-10-24(19)17(11-14-3-1-2-4-14)20(26)23-18-13-21-8-9-22-18/h7-10,12-15,17H,1-6,11H2,(H,22,23,26)/t17-/m0/s1. The Labute approximate surface area is 169 Å². The number of sulfone groups is 1. The van der Waals surface area contributed by atoms with E-state index in [-0.39, 0.29) is 16.1 Å². The minimum atomic E-state index is -3.45. The van der Waals surface area contributed by atoms with Crippen molar-refractivity contribution in [1.82, 2.24) is 14.5 Å². The van der Waals surface area contributed by atoms with Gasteiger partial charge in [0.1, 0.15) is 6.04 Å². The van der Waals surface area contributed by atoms with Gasteiger partial charge in [-0.25, -0.2) is 13.4 Å². The Morgan fingerprint density at radius 2 is 1.97 bits per heavy atom. The minimum Gasteiger partial charge on any atom is -0.308 e. The van der Waals surface area contributed by atoms with Gasteiger partial charge in [-0.1, -0.05) is 25.7 Å². The van der Waals surface area contributed by atoms with E-state index in [1.165, 1.54) is 35.4 Å². The summed E-state index contributed by atoms with van der Waals surface area (Å²) >= 11 is 0. The fraction of sp³-hybridized carbons (Fsp3) is 0.500. The molecular weight excluding hydrogens is 392 g/mol. The summed E-state index contributed by atoms with van der Waals surface area (Å²) in [4.78, 5) is 33.8. The third kappa shape index (κ3) is 4.39. The number of anilines is 1. The summed E-state index contributed by atoms with van der Waals surface area (Å²) in [6, 6.07) is 1.85. The maximum atomic E-state index is 13.0. The van der Waals surface area contributed by atoms with Gasteiger partial charge in [0, 0.05) is 24.7 Å². The van der Waals surface area contributed by atoms with Crippen molar-refractivity contribution in [2.45, 2.75) is 61.1 Å². The van der Waals surface area contributed by atoms with Crippen LogP contribution >= 0.6 is 0 Å². The van der Waals surface area contributed by atoms with E-state index in [0.717, 1.165) is 31.7 Å². The van der Waals surface area contributed by atoms with Crippen molar-refractivity contribution in [2.24, 2.45) is 5.92 Å². The van der Waals surface area contributed by atoms with E-state index in [1.54, 1.807) is 0 Å². The van der Waals surface area contributed by atoms with Crippen LogP contribution in [0.1, 0.15) is 51.0 Å². The van der Waals surface area contributed by atoms with Crippen LogP contribution in [0.2, 0.25) is 0 Å². The van der Waals surface area contributed by atoms with Gasteiger partial charge in [0.25, 0.3) is 5.56 Å². The van der Waals surface area contributed by atoms with Gasteiger partial charge >= 0.3 is 0 Å². The first-order valence-corrected chi connectivity index (χ1v) is 11.5. The molecule has 0 aliphatic heterocycles. The predicted molar refractivity (Wildman–Crippen MR) is 107 cm³/mol. The smallest absolute Gasteiger partial charge is 0.252 e. The summed E-state index contributed by atoms with van der Waals surface area (Å²) < 4.78 is 26.2. The molecule has 2 aliphatic rings. The number of nitrogens with one attached hydrogen (secondary N) is 1. The predicted octanol–water partition coefficient (Wildman–Crippen LogP) is 2.33. The second kappa shape index (κ2) is 8.06. The zero-order valence-electron chi connectivity index (χ0n) is 16.0. The van der Waals surface area contributed by atoms with Crippen LogP contribution in [0.5, 0.6) is 0 Å². The number of nitrogens with zero attached hydrogens (tertiary/aromatic N) is 3. The third-order valence-corrected chi connectivity index (χ3v) is 7.96. The largest absolute Gasteiger partial charge is 0.308 e. The average Bonchev–Trinajstić information content (AvgIpc) is 3.45. The molecule has 0 aromatic carbocycles. The van der Waals surface area contributed by atoms with Gasteiger partial charge in [0.2, 0.25) is 5.91 Å². The number of hydrogen-bond acceptors (Lipinski definition) is 6. The zero-order chi connectivity index (χ0) is 20.4. The molecule has 2 aromatic heterocycles. The minimum absolute atomic E-state index is 0.0372. The van der Waals surface area contributed by atoms with Gasteiger partial charge in [0.05, 0.1) is 16.3 Å². The molecule has 0 unspecified atom stereocenters. The summed E-state index contributed by atoms with van der Waals surface area (Å²) in [5, 5.41) is 2.34. The number of amides is 1. The molecule has 1 N–H and O–H groups in total. The van der Waals surface area contributed by atoms with Gasteiger partial charge in [-0.05, 0) is 31.2 Å². The lowest BCUT2D eigenvalue weighted by Gasteiger charge is -2.22. The molecule has 2 aliphatic carbocycles. The summed E-state index contributed by atoms with van der Waals surface area (Å²) in [7, 11) is -3.45. The van der Waals surface area contributed by atoms with Crippen molar-refractivity contribution in [1.29, 1.82) is 0 Å². The second-order valence-corrected chi connectivity index (χ2v) is 10.1. The molecule has 2 saturated carbocycles. The summed E-state index contributed by atoms with van der Waals surface area (Å²) in [6.07, 6.45) is 12.0. The molecule has 1 amide bonds. The van der Waals surface area contributed by atoms with E-state index in [0.29, 0.717) is 31.0 Å². The van der Waals surface area contributed by atoms with Crippen molar-refractivity contribution >= 4 is 21.6 Å². The third-order valence-electron chi connectivity index (χ3n) is 5.70. The van der Waals surface area contributed by atoms with Crippen molar-refractivity contribution in [3.8, 4) is 0 Å². The number of hydrogen-bond donors (Lipinski definition) is 1. The fourth-order valence-corrected chi connectivity index (χ4v) is 5.62. The van der Waals surface area contributed by atoms with E-state index in [4.69, 9.17) is 0 Å². The van der Waals surface area contributed by atoms with E-state index >= 15 is 0 Å². The molecule has 0 spiro atoms. The number of aromatic nitrogens is 3. The van der Waals surface area contributed by atoms with Gasteiger partial charge in [-0.3, -0.25) is 14.6 Å². The summed E-state index contributed by atoms with van der Waals surface area (Å²) in [5.74, 6) is 0.321. The van der Waals surface area contributed by atoms with Crippen molar-refractivity contribution in [3.05, 3.63) is 47.3 Å². The Hall–Kier alpha value is -2.55. The van der Waals surface area contributed by atoms with E-state index < -0.39 is 21.4 Å². The molecule has 154 valence electrons. The Balaban J connectivity index is 1.63. The topological polar surface area (TPSA) is 111 Å². The van der Waals surface area contributed by atoms with Crippen LogP contribution in [-0.4, -0.2) is 34.1 Å². The maximum absolute atomic E-state index is 13.0. The fourth-order valence-electron chi connectivity index (χ4n) is 3.96. The van der Waals surface area contributed by atoms with Crippen LogP contribution < -0.4 is 10.9 Å². The van der Waals surface area contributed by atoms with Gasteiger partial charge in [0.15, 0.2) is 15.7 Å². The second-order valence-electron chi connectivity index (χ2n) is 7.83. The zero-order valence-corrected chi connectivity index (χ0v) is 16.8. The Morgan fingerprint density at radius 3 is 2.59 bits per heavy atom. The van der Waals surface area contributed by atoms with Crippen LogP contribution in [0.25, 0.3) is 0 Å². The lowest BCUT2D eigenvalue weighted by molar-refractivity contribution is -0.119. The normalized spacial score (nSPS) is 18.5. The Bertz CT molecular complexity index is 1040. The first kappa shape index (κ1) is 19.8. The molecule has 0 saturated heterocycles.